The molecule has 4 heterocycles. The fourth-order valence-corrected chi connectivity index (χ4v) is 5.74. The Morgan fingerprint density at radius 3 is 2.57 bits per heavy atom. The van der Waals surface area contributed by atoms with Gasteiger partial charge in [0.15, 0.2) is 5.11 Å². The number of morpholine rings is 1. The van der Waals surface area contributed by atoms with E-state index in [2.05, 4.69) is 50.6 Å². The second-order valence-electron chi connectivity index (χ2n) is 9.47. The Morgan fingerprint density at radius 2 is 1.89 bits per heavy atom. The third-order valence-electron chi connectivity index (χ3n) is 7.29. The summed E-state index contributed by atoms with van der Waals surface area (Å²) >= 11 is 5.88. The zero-order chi connectivity index (χ0) is 25.9. The van der Waals surface area contributed by atoms with E-state index in [1.807, 2.05) is 30.5 Å². The van der Waals surface area contributed by atoms with Crippen LogP contribution < -0.4 is 5.32 Å². The Balaban J connectivity index is 1.50. The maximum absolute atomic E-state index is 11.9. The number of rotatable bonds is 7. The number of pyridine rings is 1. The van der Waals surface area contributed by atoms with Crippen molar-refractivity contribution in [3.05, 3.63) is 82.9 Å². The highest BCUT2D eigenvalue weighted by molar-refractivity contribution is 7.80. The van der Waals surface area contributed by atoms with Gasteiger partial charge in [-0.15, -0.1) is 0 Å². The van der Waals surface area contributed by atoms with E-state index in [1.54, 1.807) is 12.1 Å². The standard InChI is InChI=1S/C28H33N5O3S/c1-19-18-23(20(2)33(19)22-9-7-21(8-10-22)27(34)35-3)26-25(24-6-4-5-11-29-24)30-28(37)32(26)13-12-31-14-16-36-17-15-31/h4-11,18,25-26H,12-17H2,1-3H3,(H,30,37)/t25-,26+/m0/s1. The number of aryl methyl sites for hydroxylation is 1. The molecular weight excluding hydrogens is 486 g/mol. The zero-order valence-corrected chi connectivity index (χ0v) is 22.3. The van der Waals surface area contributed by atoms with Gasteiger partial charge in [0.05, 0.1) is 43.7 Å². The zero-order valence-electron chi connectivity index (χ0n) is 21.5. The fraction of sp³-hybridized carbons (Fsp3) is 0.393. The molecule has 37 heavy (non-hydrogen) atoms. The molecule has 3 aromatic rings. The van der Waals surface area contributed by atoms with Gasteiger partial charge in [-0.2, -0.15) is 0 Å². The molecule has 2 aromatic heterocycles. The Bertz CT molecular complexity index is 1250. The van der Waals surface area contributed by atoms with Crippen molar-refractivity contribution >= 4 is 23.3 Å². The first-order chi connectivity index (χ1) is 18.0. The van der Waals surface area contributed by atoms with Gasteiger partial charge in [-0.3, -0.25) is 9.88 Å². The summed E-state index contributed by atoms with van der Waals surface area (Å²) in [5.74, 6) is -0.340. The summed E-state index contributed by atoms with van der Waals surface area (Å²) in [6, 6.07) is 15.7. The minimum Gasteiger partial charge on any atom is -0.465 e. The molecule has 9 heteroatoms. The van der Waals surface area contributed by atoms with Crippen molar-refractivity contribution in [2.45, 2.75) is 25.9 Å². The van der Waals surface area contributed by atoms with Crippen LogP contribution in [0.5, 0.6) is 0 Å². The van der Waals surface area contributed by atoms with Crippen LogP contribution >= 0.6 is 12.2 Å². The number of carbonyl (C=O) groups excluding carboxylic acids is 1. The van der Waals surface area contributed by atoms with Crippen molar-refractivity contribution in [3.8, 4) is 5.69 Å². The molecular formula is C28H33N5O3S. The number of ether oxygens (including phenoxy) is 2. The molecule has 0 amide bonds. The van der Waals surface area contributed by atoms with E-state index in [4.69, 9.17) is 21.7 Å². The van der Waals surface area contributed by atoms with Crippen LogP contribution in [0.2, 0.25) is 0 Å². The Labute approximate surface area is 223 Å². The number of hydrogen-bond acceptors (Lipinski definition) is 6. The number of benzene rings is 1. The highest BCUT2D eigenvalue weighted by Gasteiger charge is 2.41. The molecule has 2 atom stereocenters. The van der Waals surface area contributed by atoms with Crippen LogP contribution in [0.3, 0.4) is 0 Å². The third-order valence-corrected chi connectivity index (χ3v) is 7.65. The molecule has 0 aliphatic carbocycles. The molecule has 0 unspecified atom stereocenters. The molecule has 2 saturated heterocycles. The highest BCUT2D eigenvalue weighted by atomic mass is 32.1. The van der Waals surface area contributed by atoms with Gasteiger partial charge in [0.2, 0.25) is 0 Å². The smallest absolute Gasteiger partial charge is 0.337 e. The molecule has 5 rings (SSSR count). The number of nitrogens with one attached hydrogen (secondary N) is 1. The number of nitrogens with zero attached hydrogens (tertiary/aromatic N) is 4. The Kier molecular flexibility index (Phi) is 7.55. The largest absolute Gasteiger partial charge is 0.465 e. The van der Waals surface area contributed by atoms with E-state index < -0.39 is 0 Å². The van der Waals surface area contributed by atoms with Crippen molar-refractivity contribution in [1.82, 2.24) is 24.7 Å². The predicted molar refractivity (Wildman–Crippen MR) is 146 cm³/mol. The molecule has 2 aliphatic rings. The molecule has 0 radical (unpaired) electrons. The normalized spacial score (nSPS) is 20.2. The molecule has 0 bridgehead atoms. The second kappa shape index (κ2) is 11.0. The SMILES string of the molecule is COC(=O)c1ccc(-n2c(C)cc([C@@H]3[C@H](c4ccccn4)NC(=S)N3CCN3CCOCC3)c2C)cc1. The molecule has 0 spiro atoms. The van der Waals surface area contributed by atoms with Gasteiger partial charge in [0.1, 0.15) is 0 Å². The number of hydrogen-bond donors (Lipinski definition) is 1. The quantitative estimate of drug-likeness (QED) is 0.375. The van der Waals surface area contributed by atoms with Crippen LogP contribution in [-0.4, -0.2) is 76.9 Å². The lowest BCUT2D eigenvalue weighted by molar-refractivity contribution is 0.0350. The summed E-state index contributed by atoms with van der Waals surface area (Å²) in [4.78, 5) is 21.3. The predicted octanol–water partition coefficient (Wildman–Crippen LogP) is 3.58. The number of thiocarbonyl (C=S) groups is 1. The van der Waals surface area contributed by atoms with Crippen LogP contribution in [0.15, 0.2) is 54.7 Å². The average molecular weight is 520 g/mol. The van der Waals surface area contributed by atoms with Crippen molar-refractivity contribution in [3.63, 3.8) is 0 Å². The summed E-state index contributed by atoms with van der Waals surface area (Å²) in [5, 5.41) is 4.32. The number of methoxy groups -OCH3 is 1. The Hall–Kier alpha value is -3.27. The van der Waals surface area contributed by atoms with Crippen LogP contribution in [-0.2, 0) is 9.47 Å². The second-order valence-corrected chi connectivity index (χ2v) is 9.86. The first-order valence-electron chi connectivity index (χ1n) is 12.6. The van der Waals surface area contributed by atoms with E-state index in [0.717, 1.165) is 67.3 Å². The number of esters is 1. The van der Waals surface area contributed by atoms with E-state index in [0.29, 0.717) is 5.56 Å². The van der Waals surface area contributed by atoms with E-state index in [1.165, 1.54) is 12.7 Å². The molecule has 1 N–H and O–H groups in total. The summed E-state index contributed by atoms with van der Waals surface area (Å²) < 4.78 is 12.6. The van der Waals surface area contributed by atoms with Gasteiger partial charge >= 0.3 is 5.97 Å². The maximum atomic E-state index is 11.9. The minimum atomic E-state index is -0.340. The van der Waals surface area contributed by atoms with Gasteiger partial charge in [-0.25, -0.2) is 4.79 Å². The Morgan fingerprint density at radius 1 is 1.14 bits per heavy atom. The highest BCUT2D eigenvalue weighted by Crippen LogP contribution is 2.41. The monoisotopic (exact) mass is 519 g/mol. The lowest BCUT2D eigenvalue weighted by Gasteiger charge is -2.32. The van der Waals surface area contributed by atoms with Crippen LogP contribution in [0.1, 0.15) is 45.1 Å². The van der Waals surface area contributed by atoms with Gasteiger partial charge in [-0.05, 0) is 74.1 Å². The van der Waals surface area contributed by atoms with Crippen molar-refractivity contribution < 1.29 is 14.3 Å². The van der Waals surface area contributed by atoms with Crippen molar-refractivity contribution in [2.75, 3.05) is 46.5 Å². The number of aromatic nitrogens is 2. The summed E-state index contributed by atoms with van der Waals surface area (Å²) in [6.45, 7) is 9.43. The molecule has 0 saturated carbocycles. The van der Waals surface area contributed by atoms with Gasteiger partial charge < -0.3 is 24.3 Å². The first kappa shape index (κ1) is 25.4. The van der Waals surface area contributed by atoms with E-state index >= 15 is 0 Å². The molecule has 194 valence electrons. The molecule has 2 fully saturated rings. The maximum Gasteiger partial charge on any atom is 0.337 e. The first-order valence-corrected chi connectivity index (χ1v) is 13.0. The minimum absolute atomic E-state index is 0.00210. The van der Waals surface area contributed by atoms with Crippen molar-refractivity contribution in [2.24, 2.45) is 0 Å². The lowest BCUT2D eigenvalue weighted by Crippen LogP contribution is -2.42. The van der Waals surface area contributed by atoms with Crippen LogP contribution in [0, 0.1) is 13.8 Å². The molecule has 1 aromatic carbocycles. The fourth-order valence-electron chi connectivity index (χ4n) is 5.41. The third kappa shape index (κ3) is 5.12. The summed E-state index contributed by atoms with van der Waals surface area (Å²) in [5.41, 5.74) is 5.96. The van der Waals surface area contributed by atoms with Gasteiger partial charge in [0.25, 0.3) is 0 Å². The molecule has 2 aliphatic heterocycles. The van der Waals surface area contributed by atoms with Crippen LogP contribution in [0.25, 0.3) is 5.69 Å². The van der Waals surface area contributed by atoms with Crippen molar-refractivity contribution in [1.29, 1.82) is 0 Å². The summed E-state index contributed by atoms with van der Waals surface area (Å²) in [6.07, 6.45) is 1.83. The van der Waals surface area contributed by atoms with Crippen LogP contribution in [0.4, 0.5) is 0 Å². The van der Waals surface area contributed by atoms with Gasteiger partial charge in [-0.1, -0.05) is 6.07 Å². The van der Waals surface area contributed by atoms with E-state index in [-0.39, 0.29) is 18.1 Å². The van der Waals surface area contributed by atoms with E-state index in [9.17, 15) is 4.79 Å². The lowest BCUT2D eigenvalue weighted by atomic mass is 9.96. The van der Waals surface area contributed by atoms with Gasteiger partial charge in [0, 0.05) is 49.5 Å². The summed E-state index contributed by atoms with van der Waals surface area (Å²) in [7, 11) is 1.39. The molecule has 8 nitrogen and oxygen atoms in total. The average Bonchev–Trinajstić information content (AvgIpc) is 3.42. The topological polar surface area (TPSA) is 71.9 Å². The number of carbonyl (C=O) groups is 1.